The number of fused-ring (bicyclic) bond motifs is 1. The first-order valence-electron chi connectivity index (χ1n) is 7.47. The van der Waals surface area contributed by atoms with Gasteiger partial charge in [-0.3, -0.25) is 4.68 Å². The molecule has 1 unspecified atom stereocenters. The van der Waals surface area contributed by atoms with Crippen LogP contribution >= 0.6 is 0 Å². The molecule has 2 rings (SSSR count). The summed E-state index contributed by atoms with van der Waals surface area (Å²) >= 11 is 0. The number of aromatic nitrogens is 2. The lowest BCUT2D eigenvalue weighted by Crippen LogP contribution is -2.36. The molecule has 0 saturated carbocycles. The second kappa shape index (κ2) is 8.12. The topological polar surface area (TPSA) is 48.3 Å². The fraction of sp³-hybridized carbons (Fsp3) is 0.562. The third-order valence-electron chi connectivity index (χ3n) is 3.52. The van der Waals surface area contributed by atoms with Gasteiger partial charge in [0.15, 0.2) is 0 Å². The number of para-hydroxylation sites is 1. The first-order chi connectivity index (χ1) is 10.3. The van der Waals surface area contributed by atoms with Crippen molar-refractivity contribution >= 4 is 10.9 Å². The van der Waals surface area contributed by atoms with Crippen LogP contribution in [0.2, 0.25) is 0 Å². The van der Waals surface area contributed by atoms with Crippen LogP contribution in [-0.4, -0.2) is 49.3 Å². The summed E-state index contributed by atoms with van der Waals surface area (Å²) in [5, 5.41) is 9.34. The fourth-order valence-electron chi connectivity index (χ4n) is 2.52. The van der Waals surface area contributed by atoms with E-state index in [1.165, 1.54) is 10.9 Å². The minimum atomic E-state index is 0.269. The molecule has 5 nitrogen and oxygen atoms in total. The van der Waals surface area contributed by atoms with Crippen LogP contribution in [0.15, 0.2) is 24.3 Å². The zero-order chi connectivity index (χ0) is 15.1. The number of likely N-dealkylation sites (N-methyl/N-ethyl adjacent to an activating group) is 1. The van der Waals surface area contributed by atoms with Crippen LogP contribution in [0.3, 0.4) is 0 Å². The maximum atomic E-state index is 5.66. The Labute approximate surface area is 126 Å². The first-order valence-corrected chi connectivity index (χ1v) is 7.47. The molecular weight excluding hydrogens is 266 g/mol. The summed E-state index contributed by atoms with van der Waals surface area (Å²) in [5.74, 6) is 0. The average Bonchev–Trinajstić information content (AvgIpc) is 2.81. The highest BCUT2D eigenvalue weighted by Gasteiger charge is 2.14. The Balaban J connectivity index is 2.04. The van der Waals surface area contributed by atoms with Crippen LogP contribution in [0.5, 0.6) is 0 Å². The lowest BCUT2D eigenvalue weighted by molar-refractivity contribution is 0.0588. The number of aryl methyl sites for hydroxylation is 1. The molecule has 0 spiro atoms. The molecule has 0 fully saturated rings. The molecule has 2 aromatic rings. The Hall–Kier alpha value is -1.43. The van der Waals surface area contributed by atoms with Crippen LogP contribution in [-0.2, 0) is 22.9 Å². The predicted molar refractivity (Wildman–Crippen MR) is 84.6 cm³/mol. The maximum Gasteiger partial charge on any atom is 0.0719 e. The van der Waals surface area contributed by atoms with Gasteiger partial charge in [0.1, 0.15) is 0 Å². The molecule has 1 aromatic heterocycles. The lowest BCUT2D eigenvalue weighted by atomic mass is 10.1. The monoisotopic (exact) mass is 291 g/mol. The van der Waals surface area contributed by atoms with Crippen LogP contribution in [0.1, 0.15) is 12.6 Å². The SMILES string of the molecule is CCNC(COCCOC)Cc1nn(C)c2ccccc12. The van der Waals surface area contributed by atoms with Gasteiger partial charge in [0.05, 0.1) is 31.0 Å². The van der Waals surface area contributed by atoms with Gasteiger partial charge in [-0.15, -0.1) is 0 Å². The van der Waals surface area contributed by atoms with Crippen molar-refractivity contribution in [1.82, 2.24) is 15.1 Å². The molecular formula is C16H25N3O2. The van der Waals surface area contributed by atoms with Gasteiger partial charge >= 0.3 is 0 Å². The van der Waals surface area contributed by atoms with E-state index in [9.17, 15) is 0 Å². The van der Waals surface area contributed by atoms with Crippen molar-refractivity contribution in [2.45, 2.75) is 19.4 Å². The van der Waals surface area contributed by atoms with E-state index in [4.69, 9.17) is 9.47 Å². The maximum absolute atomic E-state index is 5.66. The van der Waals surface area contributed by atoms with E-state index in [2.05, 4.69) is 35.5 Å². The second-order valence-corrected chi connectivity index (χ2v) is 5.11. The van der Waals surface area contributed by atoms with E-state index in [0.29, 0.717) is 19.8 Å². The molecule has 0 saturated heterocycles. The number of ether oxygens (including phenoxy) is 2. The normalized spacial score (nSPS) is 12.9. The van der Waals surface area contributed by atoms with Crippen LogP contribution in [0.25, 0.3) is 10.9 Å². The van der Waals surface area contributed by atoms with E-state index in [1.807, 2.05) is 17.8 Å². The van der Waals surface area contributed by atoms with E-state index in [1.54, 1.807) is 7.11 Å². The Morgan fingerprint density at radius 2 is 2.10 bits per heavy atom. The van der Waals surface area contributed by atoms with Gasteiger partial charge in [-0.1, -0.05) is 25.1 Å². The van der Waals surface area contributed by atoms with E-state index < -0.39 is 0 Å². The molecule has 0 aliphatic rings. The summed E-state index contributed by atoms with van der Waals surface area (Å²) in [6.07, 6.45) is 0.863. The quantitative estimate of drug-likeness (QED) is 0.715. The fourth-order valence-corrected chi connectivity index (χ4v) is 2.52. The highest BCUT2D eigenvalue weighted by Crippen LogP contribution is 2.18. The van der Waals surface area contributed by atoms with E-state index in [0.717, 1.165) is 18.7 Å². The summed E-state index contributed by atoms with van der Waals surface area (Å²) < 4.78 is 12.6. The van der Waals surface area contributed by atoms with Gasteiger partial charge in [0.25, 0.3) is 0 Å². The molecule has 0 amide bonds. The van der Waals surface area contributed by atoms with E-state index in [-0.39, 0.29) is 6.04 Å². The van der Waals surface area contributed by atoms with Gasteiger partial charge in [-0.25, -0.2) is 0 Å². The first kappa shape index (κ1) is 15.9. The van der Waals surface area contributed by atoms with Crippen LogP contribution in [0, 0.1) is 0 Å². The molecule has 116 valence electrons. The van der Waals surface area contributed by atoms with Gasteiger partial charge in [-0.2, -0.15) is 5.10 Å². The zero-order valence-corrected chi connectivity index (χ0v) is 13.1. The molecule has 5 heteroatoms. The highest BCUT2D eigenvalue weighted by molar-refractivity contribution is 5.81. The molecule has 1 N–H and O–H groups in total. The molecule has 21 heavy (non-hydrogen) atoms. The van der Waals surface area contributed by atoms with Crippen molar-refractivity contribution in [2.75, 3.05) is 33.5 Å². The Bertz CT molecular complexity index is 553. The van der Waals surface area contributed by atoms with Crippen LogP contribution < -0.4 is 5.32 Å². The number of nitrogens with one attached hydrogen (secondary N) is 1. The highest BCUT2D eigenvalue weighted by atomic mass is 16.5. The molecule has 0 bridgehead atoms. The zero-order valence-electron chi connectivity index (χ0n) is 13.1. The number of hydrogen-bond donors (Lipinski definition) is 1. The summed E-state index contributed by atoms with van der Waals surface area (Å²) in [5.41, 5.74) is 2.29. The Morgan fingerprint density at radius 3 is 2.86 bits per heavy atom. The predicted octanol–water partition coefficient (Wildman–Crippen LogP) is 1.76. The number of rotatable bonds is 9. The number of hydrogen-bond acceptors (Lipinski definition) is 4. The van der Waals surface area contributed by atoms with Crippen molar-refractivity contribution < 1.29 is 9.47 Å². The van der Waals surface area contributed by atoms with Crippen molar-refractivity contribution in [3.8, 4) is 0 Å². The number of methoxy groups -OCH3 is 1. The van der Waals surface area contributed by atoms with Crippen LogP contribution in [0.4, 0.5) is 0 Å². The molecule has 0 aliphatic carbocycles. The summed E-state index contributed by atoms with van der Waals surface area (Å²) in [6.45, 7) is 4.95. The second-order valence-electron chi connectivity index (χ2n) is 5.11. The minimum absolute atomic E-state index is 0.269. The molecule has 1 aromatic carbocycles. The Kier molecular flexibility index (Phi) is 6.17. The van der Waals surface area contributed by atoms with Gasteiger partial charge < -0.3 is 14.8 Å². The van der Waals surface area contributed by atoms with Gasteiger partial charge in [-0.05, 0) is 12.6 Å². The standard InChI is InChI=1S/C16H25N3O2/c1-4-17-13(12-21-10-9-20-3)11-15-14-7-5-6-8-16(14)19(2)18-15/h5-8,13,17H,4,9-12H2,1-3H3. The van der Waals surface area contributed by atoms with Crippen molar-refractivity contribution in [3.05, 3.63) is 30.0 Å². The third kappa shape index (κ3) is 4.27. The molecule has 1 heterocycles. The van der Waals surface area contributed by atoms with Gasteiger partial charge in [0.2, 0.25) is 0 Å². The van der Waals surface area contributed by atoms with Gasteiger partial charge in [0, 0.05) is 32.0 Å². The molecule has 0 radical (unpaired) electrons. The number of benzene rings is 1. The largest absolute Gasteiger partial charge is 0.382 e. The minimum Gasteiger partial charge on any atom is -0.382 e. The number of nitrogens with zero attached hydrogens (tertiary/aromatic N) is 2. The summed E-state index contributed by atoms with van der Waals surface area (Å²) in [6, 6.07) is 8.61. The smallest absolute Gasteiger partial charge is 0.0719 e. The van der Waals surface area contributed by atoms with Crippen molar-refractivity contribution in [1.29, 1.82) is 0 Å². The Morgan fingerprint density at radius 1 is 1.29 bits per heavy atom. The van der Waals surface area contributed by atoms with Crippen molar-refractivity contribution in [2.24, 2.45) is 7.05 Å². The lowest BCUT2D eigenvalue weighted by Gasteiger charge is -2.17. The third-order valence-corrected chi connectivity index (χ3v) is 3.52. The summed E-state index contributed by atoms with van der Waals surface area (Å²) in [4.78, 5) is 0. The van der Waals surface area contributed by atoms with Crippen molar-refractivity contribution in [3.63, 3.8) is 0 Å². The average molecular weight is 291 g/mol. The molecule has 0 aliphatic heterocycles. The molecule has 1 atom stereocenters. The van der Waals surface area contributed by atoms with E-state index >= 15 is 0 Å². The summed E-state index contributed by atoms with van der Waals surface area (Å²) in [7, 11) is 3.67.